The highest BCUT2D eigenvalue weighted by molar-refractivity contribution is 5.94. The van der Waals surface area contributed by atoms with Crippen molar-refractivity contribution in [3.63, 3.8) is 0 Å². The van der Waals surface area contributed by atoms with Gasteiger partial charge in [0.25, 0.3) is 11.8 Å². The van der Waals surface area contributed by atoms with Gasteiger partial charge in [0.05, 0.1) is 6.61 Å². The van der Waals surface area contributed by atoms with Crippen LogP contribution in [-0.4, -0.2) is 59.4 Å². The second-order valence-electron chi connectivity index (χ2n) is 7.98. The maximum absolute atomic E-state index is 12.8. The lowest BCUT2D eigenvalue weighted by atomic mass is 9.96. The van der Waals surface area contributed by atoms with E-state index in [1.807, 2.05) is 47.9 Å². The number of carbonyl (C=O) groups excluding carboxylic acids is 2. The Morgan fingerprint density at radius 1 is 1.03 bits per heavy atom. The number of benzene rings is 1. The molecular formula is C23H29N3O4. The van der Waals surface area contributed by atoms with Crippen LogP contribution in [-0.2, 0) is 0 Å². The molecule has 2 aliphatic heterocycles. The highest BCUT2D eigenvalue weighted by atomic mass is 16.5. The zero-order chi connectivity index (χ0) is 21.1. The maximum atomic E-state index is 12.8. The normalized spacial score (nSPS) is 17.4. The summed E-state index contributed by atoms with van der Waals surface area (Å²) < 4.78 is 11.3. The van der Waals surface area contributed by atoms with Crippen LogP contribution in [0.4, 0.5) is 0 Å². The van der Waals surface area contributed by atoms with E-state index in [0.29, 0.717) is 42.6 Å². The molecule has 2 saturated heterocycles. The van der Waals surface area contributed by atoms with Gasteiger partial charge in [-0.25, -0.2) is 4.98 Å². The molecule has 0 atom stereocenters. The first-order valence-electron chi connectivity index (χ1n) is 10.9. The lowest BCUT2D eigenvalue weighted by molar-refractivity contribution is 0.0705. The molecule has 2 fully saturated rings. The van der Waals surface area contributed by atoms with Crippen molar-refractivity contribution in [2.24, 2.45) is 0 Å². The maximum Gasteiger partial charge on any atom is 0.276 e. The lowest BCUT2D eigenvalue weighted by Crippen LogP contribution is -2.38. The first-order valence-corrected chi connectivity index (χ1v) is 10.9. The van der Waals surface area contributed by atoms with Crippen molar-refractivity contribution in [3.8, 4) is 5.75 Å². The fourth-order valence-corrected chi connectivity index (χ4v) is 4.23. The molecule has 0 unspecified atom stereocenters. The molecule has 0 saturated carbocycles. The number of carbonyl (C=O) groups is 2. The van der Waals surface area contributed by atoms with Gasteiger partial charge in [0.2, 0.25) is 0 Å². The lowest BCUT2D eigenvalue weighted by Gasteiger charge is -2.30. The van der Waals surface area contributed by atoms with Crippen LogP contribution in [0.2, 0.25) is 0 Å². The molecule has 0 spiro atoms. The summed E-state index contributed by atoms with van der Waals surface area (Å²) in [6.07, 6.45) is 3.66. The van der Waals surface area contributed by atoms with Crippen LogP contribution < -0.4 is 4.74 Å². The minimum atomic E-state index is -0.0249. The molecule has 2 aliphatic rings. The molecule has 0 bridgehead atoms. The van der Waals surface area contributed by atoms with E-state index >= 15 is 0 Å². The molecule has 0 radical (unpaired) electrons. The average molecular weight is 412 g/mol. The van der Waals surface area contributed by atoms with Crippen LogP contribution in [0.1, 0.15) is 71.0 Å². The predicted molar refractivity (Wildman–Crippen MR) is 112 cm³/mol. The van der Waals surface area contributed by atoms with Crippen LogP contribution in [0.25, 0.3) is 0 Å². The first-order chi connectivity index (χ1) is 14.6. The quantitative estimate of drug-likeness (QED) is 0.751. The van der Waals surface area contributed by atoms with Gasteiger partial charge in [-0.05, 0) is 63.8 Å². The van der Waals surface area contributed by atoms with E-state index in [1.165, 1.54) is 0 Å². The number of amides is 2. The Morgan fingerprint density at radius 2 is 1.67 bits per heavy atom. The molecule has 2 aromatic rings. The van der Waals surface area contributed by atoms with Gasteiger partial charge in [0, 0.05) is 37.7 Å². The SMILES string of the molecule is CCOc1ccc(C(=O)N2CCC(c3nc(C(=O)N4CCCC4)c(C)o3)CC2)cc1. The zero-order valence-corrected chi connectivity index (χ0v) is 17.7. The van der Waals surface area contributed by atoms with Crippen molar-refractivity contribution in [2.75, 3.05) is 32.8 Å². The molecule has 0 aliphatic carbocycles. The van der Waals surface area contributed by atoms with E-state index in [1.54, 1.807) is 0 Å². The van der Waals surface area contributed by atoms with E-state index in [-0.39, 0.29) is 17.7 Å². The second kappa shape index (κ2) is 8.90. The van der Waals surface area contributed by atoms with Crippen molar-refractivity contribution in [1.29, 1.82) is 0 Å². The van der Waals surface area contributed by atoms with E-state index in [9.17, 15) is 9.59 Å². The predicted octanol–water partition coefficient (Wildman–Crippen LogP) is 3.64. The highest BCUT2D eigenvalue weighted by Crippen LogP contribution is 2.30. The molecule has 30 heavy (non-hydrogen) atoms. The van der Waals surface area contributed by atoms with Crippen molar-refractivity contribution < 1.29 is 18.7 Å². The summed E-state index contributed by atoms with van der Waals surface area (Å²) >= 11 is 0. The molecule has 0 N–H and O–H groups in total. The molecule has 2 amide bonds. The van der Waals surface area contributed by atoms with E-state index in [0.717, 1.165) is 44.5 Å². The first kappa shape index (κ1) is 20.4. The number of ether oxygens (including phenoxy) is 1. The molecule has 4 rings (SSSR count). The van der Waals surface area contributed by atoms with E-state index in [4.69, 9.17) is 9.15 Å². The second-order valence-corrected chi connectivity index (χ2v) is 7.98. The molecule has 160 valence electrons. The van der Waals surface area contributed by atoms with Gasteiger partial charge >= 0.3 is 0 Å². The van der Waals surface area contributed by atoms with Crippen LogP contribution >= 0.6 is 0 Å². The summed E-state index contributed by atoms with van der Waals surface area (Å²) in [5, 5.41) is 0. The van der Waals surface area contributed by atoms with Crippen LogP contribution in [0.5, 0.6) is 5.75 Å². The standard InChI is InChI=1S/C23H29N3O4/c1-3-29-19-8-6-18(7-9-19)22(27)26-14-10-17(11-15-26)21-24-20(16(2)30-21)23(28)25-12-4-5-13-25/h6-9,17H,3-5,10-15H2,1-2H3. The van der Waals surface area contributed by atoms with Gasteiger partial charge in [-0.3, -0.25) is 9.59 Å². The molecule has 3 heterocycles. The average Bonchev–Trinajstić information content (AvgIpc) is 3.44. The third-order valence-corrected chi connectivity index (χ3v) is 5.95. The Balaban J connectivity index is 1.37. The Morgan fingerprint density at radius 3 is 2.30 bits per heavy atom. The Hall–Kier alpha value is -2.83. The van der Waals surface area contributed by atoms with Crippen LogP contribution in [0, 0.1) is 6.92 Å². The summed E-state index contributed by atoms with van der Waals surface area (Å²) in [4.78, 5) is 33.8. The van der Waals surface area contributed by atoms with Crippen LogP contribution in [0.15, 0.2) is 28.7 Å². The topological polar surface area (TPSA) is 75.9 Å². The Bertz CT molecular complexity index is 892. The number of piperidine rings is 1. The largest absolute Gasteiger partial charge is 0.494 e. The van der Waals surface area contributed by atoms with Gasteiger partial charge < -0.3 is 19.0 Å². The fourth-order valence-electron chi connectivity index (χ4n) is 4.23. The van der Waals surface area contributed by atoms with Gasteiger partial charge in [-0.15, -0.1) is 0 Å². The van der Waals surface area contributed by atoms with Crippen molar-refractivity contribution in [1.82, 2.24) is 14.8 Å². The fraction of sp³-hybridized carbons (Fsp3) is 0.522. The Labute approximate surface area is 177 Å². The Kier molecular flexibility index (Phi) is 6.06. The number of aryl methyl sites for hydroxylation is 1. The number of aromatic nitrogens is 1. The summed E-state index contributed by atoms with van der Waals surface area (Å²) in [5.41, 5.74) is 1.11. The van der Waals surface area contributed by atoms with Gasteiger partial charge in [-0.2, -0.15) is 0 Å². The van der Waals surface area contributed by atoms with E-state index in [2.05, 4.69) is 4.98 Å². The summed E-state index contributed by atoms with van der Waals surface area (Å²) in [7, 11) is 0. The zero-order valence-electron chi connectivity index (χ0n) is 17.7. The third kappa shape index (κ3) is 4.20. The molecule has 1 aromatic carbocycles. The minimum absolute atomic E-state index is 0.0249. The third-order valence-electron chi connectivity index (χ3n) is 5.95. The molecular weight excluding hydrogens is 382 g/mol. The van der Waals surface area contributed by atoms with Gasteiger partial charge in [-0.1, -0.05) is 0 Å². The van der Waals surface area contributed by atoms with E-state index < -0.39 is 0 Å². The molecule has 1 aromatic heterocycles. The van der Waals surface area contributed by atoms with Crippen molar-refractivity contribution in [3.05, 3.63) is 47.2 Å². The number of nitrogens with zero attached hydrogens (tertiary/aromatic N) is 3. The van der Waals surface area contributed by atoms with Crippen molar-refractivity contribution >= 4 is 11.8 Å². The number of likely N-dealkylation sites (tertiary alicyclic amines) is 2. The highest BCUT2D eigenvalue weighted by Gasteiger charge is 2.30. The van der Waals surface area contributed by atoms with Gasteiger partial charge in [0.15, 0.2) is 11.6 Å². The monoisotopic (exact) mass is 411 g/mol. The minimum Gasteiger partial charge on any atom is -0.494 e. The number of hydrogen-bond acceptors (Lipinski definition) is 5. The summed E-state index contributed by atoms with van der Waals surface area (Å²) in [6, 6.07) is 7.29. The van der Waals surface area contributed by atoms with Crippen molar-refractivity contribution in [2.45, 2.75) is 45.4 Å². The smallest absolute Gasteiger partial charge is 0.276 e. The number of hydrogen-bond donors (Lipinski definition) is 0. The molecule has 7 heteroatoms. The number of oxazole rings is 1. The summed E-state index contributed by atoms with van der Waals surface area (Å²) in [6.45, 7) is 7.24. The number of rotatable bonds is 5. The summed E-state index contributed by atoms with van der Waals surface area (Å²) in [5.74, 6) is 2.13. The van der Waals surface area contributed by atoms with Crippen LogP contribution in [0.3, 0.4) is 0 Å². The molecule has 7 nitrogen and oxygen atoms in total. The van der Waals surface area contributed by atoms with Gasteiger partial charge in [0.1, 0.15) is 11.5 Å².